The van der Waals surface area contributed by atoms with Gasteiger partial charge in [0.05, 0.1) is 38.3 Å². The Morgan fingerprint density at radius 3 is 2.39 bits per heavy atom. The summed E-state index contributed by atoms with van der Waals surface area (Å²) in [6.07, 6.45) is 5.14. The maximum Gasteiger partial charge on any atom is 0.333 e. The van der Waals surface area contributed by atoms with Crippen LogP contribution < -0.4 is 26.0 Å². The SMILES string of the molecule is CCC[C@H](NC(=O)C1C[C@@H]2CN1C(=O)[C@H](C1CCCCC1)NC(=O)Cc1cccc(c1)OCCCO2)C(=O)C(=O)NCC(=O)N[C@H](C(=O)OC(C)(C)C)c1ccccc1. The van der Waals surface area contributed by atoms with Crippen LogP contribution in [0.25, 0.3) is 0 Å². The van der Waals surface area contributed by atoms with Crippen molar-refractivity contribution in [2.45, 2.75) is 128 Å². The van der Waals surface area contributed by atoms with Gasteiger partial charge >= 0.3 is 5.97 Å². The first-order chi connectivity index (χ1) is 28.2. The number of fused-ring (bicyclic) bond motifs is 4. The lowest BCUT2D eigenvalue weighted by Gasteiger charge is -2.35. The molecule has 0 spiro atoms. The highest BCUT2D eigenvalue weighted by Crippen LogP contribution is 2.31. The van der Waals surface area contributed by atoms with Gasteiger partial charge in [0, 0.05) is 19.4 Å². The van der Waals surface area contributed by atoms with Crippen molar-refractivity contribution in [2.75, 3.05) is 26.3 Å². The molecular weight excluding hydrogens is 759 g/mol. The van der Waals surface area contributed by atoms with E-state index in [1.165, 1.54) is 4.90 Å². The summed E-state index contributed by atoms with van der Waals surface area (Å²) in [5.41, 5.74) is 0.383. The Balaban J connectivity index is 1.28. The highest BCUT2D eigenvalue weighted by molar-refractivity contribution is 6.38. The van der Waals surface area contributed by atoms with Gasteiger partial charge in [0.25, 0.3) is 5.91 Å². The minimum Gasteiger partial charge on any atom is -0.493 e. The van der Waals surface area contributed by atoms with Gasteiger partial charge in [0.2, 0.25) is 29.4 Å². The van der Waals surface area contributed by atoms with Crippen LogP contribution >= 0.6 is 0 Å². The third-order valence-corrected chi connectivity index (χ3v) is 10.7. The number of hydrogen-bond donors (Lipinski definition) is 4. The quantitative estimate of drug-likeness (QED) is 0.182. The average Bonchev–Trinajstić information content (AvgIpc) is 3.64. The van der Waals surface area contributed by atoms with Crippen LogP contribution in [0.2, 0.25) is 0 Å². The van der Waals surface area contributed by atoms with Crippen LogP contribution in [-0.2, 0) is 49.5 Å². The highest BCUT2D eigenvalue weighted by atomic mass is 16.6. The third-order valence-electron chi connectivity index (χ3n) is 10.7. The Morgan fingerprint density at radius 1 is 0.932 bits per heavy atom. The van der Waals surface area contributed by atoms with Crippen molar-refractivity contribution < 1.29 is 47.8 Å². The molecule has 2 aromatic carbocycles. The van der Waals surface area contributed by atoms with Gasteiger partial charge in [0.1, 0.15) is 23.4 Å². The van der Waals surface area contributed by atoms with Gasteiger partial charge in [-0.3, -0.25) is 28.8 Å². The Kier molecular flexibility index (Phi) is 16.0. The van der Waals surface area contributed by atoms with Crippen molar-refractivity contribution in [1.29, 1.82) is 0 Å². The molecule has 5 atom stereocenters. The highest BCUT2D eigenvalue weighted by Gasteiger charge is 2.45. The molecule has 4 N–H and O–H groups in total. The zero-order valence-corrected chi connectivity index (χ0v) is 34.6. The van der Waals surface area contributed by atoms with E-state index in [2.05, 4.69) is 21.3 Å². The number of ketones is 1. The third kappa shape index (κ3) is 13.1. The maximum atomic E-state index is 14.6. The molecule has 2 aliphatic heterocycles. The number of rotatable bonds is 12. The summed E-state index contributed by atoms with van der Waals surface area (Å²) in [6, 6.07) is 11.4. The molecule has 0 aromatic heterocycles. The lowest BCUT2D eigenvalue weighted by Crippen LogP contribution is -2.58. The van der Waals surface area contributed by atoms with E-state index in [1.54, 1.807) is 58.0 Å². The number of amides is 5. The number of carbonyl (C=O) groups is 7. The zero-order valence-electron chi connectivity index (χ0n) is 34.6. The average molecular weight is 818 g/mol. The fourth-order valence-corrected chi connectivity index (χ4v) is 7.82. The maximum absolute atomic E-state index is 14.6. The first-order valence-corrected chi connectivity index (χ1v) is 20.8. The van der Waals surface area contributed by atoms with E-state index in [0.717, 1.165) is 37.7 Å². The standard InChI is InChI=1S/C44H59N5O10/c1-5-14-33(39(52)41(54)45-26-36(51)48-38(30-18-10-7-11-19-30)43(56)59-44(2,3)4)46-40(53)34-25-32-27-49(34)42(55)37(29-16-8-6-9-17-29)47-35(50)24-28-15-12-20-31(23-28)57-21-13-22-58-32/h7,10-12,15,18-20,23,29,32-34,37-38H,5-6,8-9,13-14,16-17,21-22,24-27H2,1-4H3,(H,45,54)(H,46,53)(H,47,50)(H,48,51)/t32-,33+,34?,37+,38+/m1/s1. The van der Waals surface area contributed by atoms with Crippen LogP contribution in [0.5, 0.6) is 5.75 Å². The normalized spacial score (nSPS) is 21.6. The molecule has 15 nitrogen and oxygen atoms in total. The number of Topliss-reactive ketones (excluding diaryl/α,β-unsaturated/α-hetero) is 1. The Hall–Kier alpha value is -5.31. The van der Waals surface area contributed by atoms with Gasteiger partial charge < -0.3 is 40.4 Å². The molecular formula is C44H59N5O10. The summed E-state index contributed by atoms with van der Waals surface area (Å²) < 4.78 is 17.6. The Labute approximate surface area is 346 Å². The molecule has 2 aromatic rings. The number of benzene rings is 2. The van der Waals surface area contributed by atoms with Crippen LogP contribution in [0.4, 0.5) is 0 Å². The van der Waals surface area contributed by atoms with E-state index >= 15 is 0 Å². The number of ether oxygens (including phenoxy) is 3. The molecule has 15 heteroatoms. The number of hydrogen-bond acceptors (Lipinski definition) is 10. The molecule has 1 aliphatic carbocycles. The summed E-state index contributed by atoms with van der Waals surface area (Å²) in [7, 11) is 0. The zero-order chi connectivity index (χ0) is 42.5. The number of nitrogens with zero attached hydrogens (tertiary/aromatic N) is 1. The lowest BCUT2D eigenvalue weighted by atomic mass is 9.83. The van der Waals surface area contributed by atoms with Crippen molar-refractivity contribution in [3.05, 3.63) is 65.7 Å². The first kappa shape index (κ1) is 44.8. The smallest absolute Gasteiger partial charge is 0.333 e. The van der Waals surface area contributed by atoms with E-state index in [1.807, 2.05) is 24.3 Å². The van der Waals surface area contributed by atoms with Gasteiger partial charge in [-0.1, -0.05) is 75.1 Å². The molecule has 5 rings (SSSR count). The van der Waals surface area contributed by atoms with E-state index in [-0.39, 0.29) is 43.5 Å². The molecule has 0 radical (unpaired) electrons. The molecule has 2 fully saturated rings. The van der Waals surface area contributed by atoms with Gasteiger partial charge in [0.15, 0.2) is 6.04 Å². The second kappa shape index (κ2) is 21.1. The van der Waals surface area contributed by atoms with Gasteiger partial charge in [-0.05, 0) is 69.2 Å². The van der Waals surface area contributed by atoms with Crippen LogP contribution in [0.3, 0.4) is 0 Å². The summed E-state index contributed by atoms with van der Waals surface area (Å²) in [4.78, 5) is 96.5. The summed E-state index contributed by atoms with van der Waals surface area (Å²) >= 11 is 0. The van der Waals surface area contributed by atoms with Crippen molar-refractivity contribution in [3.63, 3.8) is 0 Å². The van der Waals surface area contributed by atoms with Crippen LogP contribution in [-0.4, -0.2) is 102 Å². The molecule has 1 saturated carbocycles. The van der Waals surface area contributed by atoms with Gasteiger partial charge in [-0.2, -0.15) is 0 Å². The van der Waals surface area contributed by atoms with Gasteiger partial charge in [-0.15, -0.1) is 0 Å². The molecule has 59 heavy (non-hydrogen) atoms. The van der Waals surface area contributed by atoms with Crippen molar-refractivity contribution in [2.24, 2.45) is 5.92 Å². The first-order valence-electron chi connectivity index (χ1n) is 20.8. The number of nitrogens with one attached hydrogen (secondary N) is 4. The van der Waals surface area contributed by atoms with Crippen molar-refractivity contribution in [3.8, 4) is 5.75 Å². The number of carbonyl (C=O) groups excluding carboxylic acids is 7. The van der Waals surface area contributed by atoms with E-state index in [9.17, 15) is 33.6 Å². The fraction of sp³-hybridized carbons (Fsp3) is 0.568. The largest absolute Gasteiger partial charge is 0.493 e. The predicted octanol–water partition coefficient (Wildman–Crippen LogP) is 3.23. The Morgan fingerprint density at radius 2 is 1.68 bits per heavy atom. The minimum absolute atomic E-state index is 0.0469. The van der Waals surface area contributed by atoms with Crippen molar-refractivity contribution >= 4 is 41.3 Å². The topological polar surface area (TPSA) is 199 Å². The summed E-state index contributed by atoms with van der Waals surface area (Å²) in [5, 5.41) is 10.6. The minimum atomic E-state index is -1.26. The van der Waals surface area contributed by atoms with Crippen molar-refractivity contribution in [1.82, 2.24) is 26.2 Å². The lowest BCUT2D eigenvalue weighted by molar-refractivity contribution is -0.158. The van der Waals surface area contributed by atoms with E-state index < -0.39 is 71.9 Å². The molecule has 320 valence electrons. The molecule has 2 heterocycles. The summed E-state index contributed by atoms with van der Waals surface area (Å²) in [5.74, 6) is -4.33. The second-order valence-corrected chi connectivity index (χ2v) is 16.5. The monoisotopic (exact) mass is 817 g/mol. The van der Waals surface area contributed by atoms with E-state index in [0.29, 0.717) is 37.4 Å². The van der Waals surface area contributed by atoms with E-state index in [4.69, 9.17) is 14.2 Å². The molecule has 5 amide bonds. The molecule has 1 saturated heterocycles. The molecule has 3 aliphatic rings. The fourth-order valence-electron chi connectivity index (χ4n) is 7.82. The second-order valence-electron chi connectivity index (χ2n) is 16.5. The van der Waals surface area contributed by atoms with Gasteiger partial charge in [-0.25, -0.2) is 4.79 Å². The molecule has 4 bridgehead atoms. The van der Waals surface area contributed by atoms with Crippen LogP contribution in [0, 0.1) is 5.92 Å². The van der Waals surface area contributed by atoms with Crippen LogP contribution in [0.15, 0.2) is 54.6 Å². The predicted molar refractivity (Wildman–Crippen MR) is 217 cm³/mol. The summed E-state index contributed by atoms with van der Waals surface area (Å²) in [6.45, 7) is 7.05. The Bertz CT molecular complexity index is 1810. The molecule has 1 unspecified atom stereocenters. The number of esters is 1. The van der Waals surface area contributed by atoms with Crippen LogP contribution in [0.1, 0.15) is 103 Å².